The van der Waals surface area contributed by atoms with Crippen LogP contribution in [0.1, 0.15) is 37.3 Å². The highest BCUT2D eigenvalue weighted by molar-refractivity contribution is 5.90. The van der Waals surface area contributed by atoms with Gasteiger partial charge >= 0.3 is 5.97 Å². The van der Waals surface area contributed by atoms with E-state index in [4.69, 9.17) is 4.74 Å². The standard InChI is InChI=1S/C25H33N3O4/c1-19(25(31)32-18-21-12-7-4-8-13-21)27-24(30)22(14-9-17-26-2)28-23(29)16-15-20-10-5-3-6-11-20/h3-8,10-13,19,22,26H,9,14-18H2,1-2H3,(H,27,30)(H,28,29). The average Bonchev–Trinajstić information content (AvgIpc) is 2.82. The molecular weight excluding hydrogens is 406 g/mol. The van der Waals surface area contributed by atoms with Crippen LogP contribution in [0.5, 0.6) is 0 Å². The molecule has 7 nitrogen and oxygen atoms in total. The summed E-state index contributed by atoms with van der Waals surface area (Å²) in [5.74, 6) is -1.11. The van der Waals surface area contributed by atoms with Crippen LogP contribution in [0.4, 0.5) is 0 Å². The van der Waals surface area contributed by atoms with Crippen molar-refractivity contribution in [2.45, 2.75) is 51.3 Å². The zero-order chi connectivity index (χ0) is 23.2. The van der Waals surface area contributed by atoms with Crippen LogP contribution in [0.25, 0.3) is 0 Å². The summed E-state index contributed by atoms with van der Waals surface area (Å²) in [6.07, 6.45) is 2.06. The minimum absolute atomic E-state index is 0.141. The Kier molecular flexibility index (Phi) is 11.0. The topological polar surface area (TPSA) is 96.5 Å². The molecule has 0 aliphatic rings. The maximum atomic E-state index is 12.8. The molecule has 2 amide bonds. The average molecular weight is 440 g/mol. The number of aryl methyl sites for hydroxylation is 1. The van der Waals surface area contributed by atoms with E-state index in [1.807, 2.05) is 67.7 Å². The molecule has 0 radical (unpaired) electrons. The van der Waals surface area contributed by atoms with Crippen LogP contribution >= 0.6 is 0 Å². The molecule has 2 aromatic carbocycles. The molecule has 0 aromatic heterocycles. The van der Waals surface area contributed by atoms with Gasteiger partial charge in [0.1, 0.15) is 18.7 Å². The van der Waals surface area contributed by atoms with Crippen molar-refractivity contribution in [2.75, 3.05) is 13.6 Å². The number of hydrogen-bond donors (Lipinski definition) is 3. The van der Waals surface area contributed by atoms with Crippen molar-refractivity contribution in [3.05, 3.63) is 71.8 Å². The maximum absolute atomic E-state index is 12.8. The lowest BCUT2D eigenvalue weighted by Crippen LogP contribution is -2.51. The molecule has 2 atom stereocenters. The Morgan fingerprint density at radius 1 is 0.906 bits per heavy atom. The summed E-state index contributed by atoms with van der Waals surface area (Å²) in [4.78, 5) is 37.5. The number of nitrogens with one attached hydrogen (secondary N) is 3. The molecular formula is C25H33N3O4. The Balaban J connectivity index is 1.86. The Hall–Kier alpha value is -3.19. The maximum Gasteiger partial charge on any atom is 0.328 e. The lowest BCUT2D eigenvalue weighted by Gasteiger charge is -2.21. The van der Waals surface area contributed by atoms with Crippen LogP contribution in [-0.4, -0.2) is 43.5 Å². The van der Waals surface area contributed by atoms with Gasteiger partial charge in [0.25, 0.3) is 0 Å². The number of benzene rings is 2. The molecule has 0 aliphatic carbocycles. The quantitative estimate of drug-likeness (QED) is 0.329. The fourth-order valence-electron chi connectivity index (χ4n) is 3.15. The van der Waals surface area contributed by atoms with Gasteiger partial charge in [-0.3, -0.25) is 9.59 Å². The summed E-state index contributed by atoms with van der Waals surface area (Å²) in [6.45, 7) is 2.44. The molecule has 3 N–H and O–H groups in total. The molecule has 0 spiro atoms. The first kappa shape index (κ1) is 25.1. The van der Waals surface area contributed by atoms with Gasteiger partial charge in [-0.1, -0.05) is 60.7 Å². The summed E-state index contributed by atoms with van der Waals surface area (Å²) in [5.41, 5.74) is 1.93. The van der Waals surface area contributed by atoms with E-state index < -0.39 is 24.0 Å². The second-order valence-corrected chi connectivity index (χ2v) is 7.68. The number of hydrogen-bond acceptors (Lipinski definition) is 5. The van der Waals surface area contributed by atoms with E-state index in [-0.39, 0.29) is 18.9 Å². The van der Waals surface area contributed by atoms with Crippen LogP contribution in [0.15, 0.2) is 60.7 Å². The van der Waals surface area contributed by atoms with Gasteiger partial charge in [-0.05, 0) is 50.9 Å². The molecule has 0 saturated carbocycles. The number of carbonyl (C=O) groups is 3. The fourth-order valence-corrected chi connectivity index (χ4v) is 3.15. The molecule has 2 unspecified atom stereocenters. The number of esters is 1. The largest absolute Gasteiger partial charge is 0.459 e. The van der Waals surface area contributed by atoms with Crippen LogP contribution in [0.2, 0.25) is 0 Å². The molecule has 0 saturated heterocycles. The second kappa shape index (κ2) is 14.0. The number of ether oxygens (including phenoxy) is 1. The Morgan fingerprint density at radius 3 is 2.16 bits per heavy atom. The van der Waals surface area contributed by atoms with Gasteiger partial charge in [0.05, 0.1) is 0 Å². The number of rotatable bonds is 13. The predicted octanol–water partition coefficient (Wildman–Crippen LogP) is 2.35. The predicted molar refractivity (Wildman–Crippen MR) is 124 cm³/mol. The molecule has 0 heterocycles. The molecule has 7 heteroatoms. The summed E-state index contributed by atoms with van der Waals surface area (Å²) >= 11 is 0. The minimum atomic E-state index is -0.820. The normalized spacial score (nSPS) is 12.4. The van der Waals surface area contributed by atoms with Crippen molar-refractivity contribution >= 4 is 17.8 Å². The van der Waals surface area contributed by atoms with Gasteiger partial charge in [0, 0.05) is 6.42 Å². The van der Waals surface area contributed by atoms with Gasteiger partial charge in [-0.25, -0.2) is 4.79 Å². The first-order valence-electron chi connectivity index (χ1n) is 11.0. The van der Waals surface area contributed by atoms with E-state index in [1.54, 1.807) is 6.92 Å². The minimum Gasteiger partial charge on any atom is -0.459 e. The van der Waals surface area contributed by atoms with E-state index >= 15 is 0 Å². The van der Waals surface area contributed by atoms with E-state index in [0.717, 1.165) is 17.7 Å². The van der Waals surface area contributed by atoms with Crippen molar-refractivity contribution in [2.24, 2.45) is 0 Å². The highest BCUT2D eigenvalue weighted by atomic mass is 16.5. The Morgan fingerprint density at radius 2 is 1.53 bits per heavy atom. The zero-order valence-corrected chi connectivity index (χ0v) is 18.8. The van der Waals surface area contributed by atoms with Crippen LogP contribution in [0.3, 0.4) is 0 Å². The van der Waals surface area contributed by atoms with Crippen molar-refractivity contribution in [1.29, 1.82) is 0 Å². The van der Waals surface area contributed by atoms with Crippen molar-refractivity contribution in [1.82, 2.24) is 16.0 Å². The van der Waals surface area contributed by atoms with Crippen LogP contribution in [-0.2, 0) is 32.1 Å². The van der Waals surface area contributed by atoms with Crippen molar-refractivity contribution in [3.63, 3.8) is 0 Å². The molecule has 172 valence electrons. The second-order valence-electron chi connectivity index (χ2n) is 7.68. The van der Waals surface area contributed by atoms with E-state index in [9.17, 15) is 14.4 Å². The first-order valence-corrected chi connectivity index (χ1v) is 11.0. The molecule has 2 aromatic rings. The van der Waals surface area contributed by atoms with Gasteiger partial charge in [0.15, 0.2) is 0 Å². The zero-order valence-electron chi connectivity index (χ0n) is 18.8. The monoisotopic (exact) mass is 439 g/mol. The molecule has 0 fully saturated rings. The highest BCUT2D eigenvalue weighted by Gasteiger charge is 2.24. The third-order valence-electron chi connectivity index (χ3n) is 4.99. The van der Waals surface area contributed by atoms with Gasteiger partial charge in [-0.2, -0.15) is 0 Å². The molecule has 32 heavy (non-hydrogen) atoms. The van der Waals surface area contributed by atoms with Gasteiger partial charge in [0.2, 0.25) is 11.8 Å². The lowest BCUT2D eigenvalue weighted by atomic mass is 10.1. The first-order chi connectivity index (χ1) is 15.5. The third-order valence-corrected chi connectivity index (χ3v) is 4.99. The Bertz CT molecular complexity index is 843. The number of carbonyl (C=O) groups excluding carboxylic acids is 3. The SMILES string of the molecule is CNCCCC(NC(=O)CCc1ccccc1)C(=O)NC(C)C(=O)OCc1ccccc1. The van der Waals surface area contributed by atoms with Crippen molar-refractivity contribution in [3.8, 4) is 0 Å². The van der Waals surface area contributed by atoms with Gasteiger partial charge < -0.3 is 20.7 Å². The van der Waals surface area contributed by atoms with Crippen molar-refractivity contribution < 1.29 is 19.1 Å². The Labute approximate surface area is 189 Å². The lowest BCUT2D eigenvalue weighted by molar-refractivity contribution is -0.148. The summed E-state index contributed by atoms with van der Waals surface area (Å²) < 4.78 is 5.29. The smallest absolute Gasteiger partial charge is 0.328 e. The third kappa shape index (κ3) is 9.31. The van der Waals surface area contributed by atoms with E-state index in [0.29, 0.717) is 19.3 Å². The fraction of sp³-hybridized carbons (Fsp3) is 0.400. The van der Waals surface area contributed by atoms with Crippen LogP contribution < -0.4 is 16.0 Å². The summed E-state index contributed by atoms with van der Waals surface area (Å²) in [5, 5.41) is 8.53. The van der Waals surface area contributed by atoms with Crippen LogP contribution in [0, 0.1) is 0 Å². The summed E-state index contributed by atoms with van der Waals surface area (Å²) in [6, 6.07) is 17.5. The van der Waals surface area contributed by atoms with Gasteiger partial charge in [-0.15, -0.1) is 0 Å². The van der Waals surface area contributed by atoms with E-state index in [2.05, 4.69) is 16.0 Å². The molecule has 0 bridgehead atoms. The molecule has 2 rings (SSSR count). The highest BCUT2D eigenvalue weighted by Crippen LogP contribution is 2.05. The van der Waals surface area contributed by atoms with E-state index in [1.165, 1.54) is 0 Å². The molecule has 0 aliphatic heterocycles. The summed E-state index contributed by atoms with van der Waals surface area (Å²) in [7, 11) is 1.83. The number of amides is 2.